The minimum atomic E-state index is -3.56. The van der Waals surface area contributed by atoms with Crippen molar-refractivity contribution >= 4 is 10.0 Å². The number of piperidine rings is 1. The summed E-state index contributed by atoms with van der Waals surface area (Å²) in [5.41, 5.74) is 0.595. The maximum atomic E-state index is 12.1. The smallest absolute Gasteiger partial charge is 0.258 e. The quantitative estimate of drug-likeness (QED) is 0.811. The van der Waals surface area contributed by atoms with Crippen LogP contribution in [0, 0.1) is 5.92 Å². The van der Waals surface area contributed by atoms with Gasteiger partial charge in [0.2, 0.25) is 0 Å². The van der Waals surface area contributed by atoms with Gasteiger partial charge in [0.15, 0.2) is 5.03 Å². The average molecular weight is 299 g/mol. The molecule has 1 aromatic rings. The average Bonchev–Trinajstić information content (AvgIpc) is 2.45. The number of rotatable bonds is 5. The van der Waals surface area contributed by atoms with Gasteiger partial charge < -0.3 is 10.0 Å². The van der Waals surface area contributed by atoms with Gasteiger partial charge in [-0.3, -0.25) is 0 Å². The second-order valence-electron chi connectivity index (χ2n) is 5.29. The van der Waals surface area contributed by atoms with Crippen molar-refractivity contribution in [3.05, 3.63) is 23.9 Å². The lowest BCUT2D eigenvalue weighted by molar-refractivity contribution is 0.211. The van der Waals surface area contributed by atoms with Crippen molar-refractivity contribution in [3.63, 3.8) is 0 Å². The standard InChI is InChI=1S/C13H21N3O3S/c1-16-6-2-3-11(9-16)8-15-20(18,19)13-5-4-12(10-17)7-14-13/h4-5,7,11,15,17H,2-3,6,8-10H2,1H3. The monoisotopic (exact) mass is 299 g/mol. The lowest BCUT2D eigenvalue weighted by atomic mass is 9.99. The van der Waals surface area contributed by atoms with Gasteiger partial charge in [0.05, 0.1) is 6.61 Å². The van der Waals surface area contributed by atoms with Crippen LogP contribution in [0.25, 0.3) is 0 Å². The van der Waals surface area contributed by atoms with Crippen molar-refractivity contribution in [1.29, 1.82) is 0 Å². The highest BCUT2D eigenvalue weighted by Gasteiger charge is 2.21. The number of nitrogens with zero attached hydrogens (tertiary/aromatic N) is 2. The summed E-state index contributed by atoms with van der Waals surface area (Å²) in [6.45, 7) is 2.29. The number of aliphatic hydroxyl groups is 1. The fourth-order valence-electron chi connectivity index (χ4n) is 2.40. The highest BCUT2D eigenvalue weighted by molar-refractivity contribution is 7.89. The molecule has 0 spiro atoms. The summed E-state index contributed by atoms with van der Waals surface area (Å²) < 4.78 is 26.8. The molecule has 7 heteroatoms. The molecule has 2 N–H and O–H groups in total. The van der Waals surface area contributed by atoms with Crippen molar-refractivity contribution in [2.45, 2.75) is 24.5 Å². The minimum Gasteiger partial charge on any atom is -0.392 e. The van der Waals surface area contributed by atoms with E-state index in [4.69, 9.17) is 5.11 Å². The summed E-state index contributed by atoms with van der Waals surface area (Å²) in [7, 11) is -1.51. The molecule has 6 nitrogen and oxygen atoms in total. The number of aliphatic hydroxyl groups excluding tert-OH is 1. The Kier molecular flexibility index (Phi) is 5.09. The molecule has 0 saturated carbocycles. The van der Waals surface area contributed by atoms with E-state index in [9.17, 15) is 8.42 Å². The topological polar surface area (TPSA) is 82.5 Å². The maximum absolute atomic E-state index is 12.1. The van der Waals surface area contributed by atoms with Crippen LogP contribution in [-0.2, 0) is 16.6 Å². The first-order chi connectivity index (χ1) is 9.51. The Balaban J connectivity index is 1.96. The zero-order chi connectivity index (χ0) is 14.6. The Morgan fingerprint density at radius 3 is 2.90 bits per heavy atom. The second kappa shape index (κ2) is 6.62. The Morgan fingerprint density at radius 2 is 2.30 bits per heavy atom. The molecule has 0 radical (unpaired) electrons. The third-order valence-electron chi connectivity index (χ3n) is 3.54. The molecule has 1 aromatic heterocycles. The van der Waals surface area contributed by atoms with E-state index in [1.165, 1.54) is 12.3 Å². The van der Waals surface area contributed by atoms with Gasteiger partial charge in [-0.1, -0.05) is 6.07 Å². The molecule has 1 fully saturated rings. The van der Waals surface area contributed by atoms with E-state index in [1.54, 1.807) is 6.07 Å². The summed E-state index contributed by atoms with van der Waals surface area (Å²) in [5.74, 6) is 0.347. The van der Waals surface area contributed by atoms with Gasteiger partial charge >= 0.3 is 0 Å². The molecule has 1 unspecified atom stereocenters. The fourth-order valence-corrected chi connectivity index (χ4v) is 3.45. The number of likely N-dealkylation sites (tertiary alicyclic amines) is 1. The first kappa shape index (κ1) is 15.4. The molecular weight excluding hydrogens is 278 g/mol. The van der Waals surface area contributed by atoms with Crippen molar-refractivity contribution < 1.29 is 13.5 Å². The molecule has 112 valence electrons. The summed E-state index contributed by atoms with van der Waals surface area (Å²) in [5, 5.41) is 8.92. The van der Waals surface area contributed by atoms with Gasteiger partial charge in [-0.05, 0) is 44.0 Å². The molecule has 0 bridgehead atoms. The van der Waals surface area contributed by atoms with E-state index in [-0.39, 0.29) is 11.6 Å². The SMILES string of the molecule is CN1CCCC(CNS(=O)(=O)c2ccc(CO)cn2)C1. The highest BCUT2D eigenvalue weighted by Crippen LogP contribution is 2.15. The normalized spacial score (nSPS) is 21.0. The highest BCUT2D eigenvalue weighted by atomic mass is 32.2. The Bertz CT molecular complexity index is 530. The molecule has 2 heterocycles. The van der Waals surface area contributed by atoms with E-state index in [2.05, 4.69) is 21.7 Å². The van der Waals surface area contributed by atoms with Crippen molar-refractivity contribution in [1.82, 2.24) is 14.6 Å². The van der Waals surface area contributed by atoms with E-state index < -0.39 is 10.0 Å². The number of pyridine rings is 1. The molecule has 0 aliphatic carbocycles. The number of hydrogen-bond donors (Lipinski definition) is 2. The molecule has 1 saturated heterocycles. The first-order valence-electron chi connectivity index (χ1n) is 6.75. The molecule has 0 amide bonds. The third-order valence-corrected chi connectivity index (χ3v) is 4.88. The molecule has 20 heavy (non-hydrogen) atoms. The van der Waals surface area contributed by atoms with E-state index in [1.807, 2.05) is 0 Å². The van der Waals surface area contributed by atoms with Crippen LogP contribution in [0.2, 0.25) is 0 Å². The summed E-state index contributed by atoms with van der Waals surface area (Å²) in [4.78, 5) is 6.10. The molecule has 1 aliphatic rings. The Morgan fingerprint density at radius 1 is 1.50 bits per heavy atom. The van der Waals surface area contributed by atoms with Crippen LogP contribution in [-0.4, -0.2) is 50.1 Å². The number of nitrogens with one attached hydrogen (secondary N) is 1. The van der Waals surface area contributed by atoms with Crippen LogP contribution in [0.3, 0.4) is 0 Å². The lowest BCUT2D eigenvalue weighted by Crippen LogP contribution is -2.39. The molecule has 2 rings (SSSR count). The summed E-state index contributed by atoms with van der Waals surface area (Å²) in [6.07, 6.45) is 3.53. The first-order valence-corrected chi connectivity index (χ1v) is 8.23. The molecule has 0 aromatic carbocycles. The van der Waals surface area contributed by atoms with Crippen LogP contribution in [0.15, 0.2) is 23.4 Å². The molecular formula is C13H21N3O3S. The van der Waals surface area contributed by atoms with Crippen molar-refractivity contribution in [3.8, 4) is 0 Å². The number of sulfonamides is 1. The van der Waals surface area contributed by atoms with Gasteiger partial charge in [-0.25, -0.2) is 18.1 Å². The van der Waals surface area contributed by atoms with E-state index in [0.717, 1.165) is 25.9 Å². The number of hydrogen-bond acceptors (Lipinski definition) is 5. The Labute approximate surface area is 119 Å². The van der Waals surface area contributed by atoms with E-state index >= 15 is 0 Å². The minimum absolute atomic E-state index is 0.00105. The third kappa shape index (κ3) is 3.99. The van der Waals surface area contributed by atoms with E-state index in [0.29, 0.717) is 18.0 Å². The fraction of sp³-hybridized carbons (Fsp3) is 0.615. The molecule has 1 atom stereocenters. The lowest BCUT2D eigenvalue weighted by Gasteiger charge is -2.29. The van der Waals surface area contributed by atoms with Crippen LogP contribution in [0.4, 0.5) is 0 Å². The largest absolute Gasteiger partial charge is 0.392 e. The summed E-state index contributed by atoms with van der Waals surface area (Å²) in [6, 6.07) is 2.98. The zero-order valence-electron chi connectivity index (χ0n) is 11.6. The summed E-state index contributed by atoms with van der Waals surface area (Å²) >= 11 is 0. The predicted molar refractivity (Wildman–Crippen MR) is 75.6 cm³/mol. The van der Waals surface area contributed by atoms with Gasteiger partial charge in [0.25, 0.3) is 10.0 Å². The Hall–Kier alpha value is -1.02. The van der Waals surface area contributed by atoms with Crippen molar-refractivity contribution in [2.75, 3.05) is 26.7 Å². The van der Waals surface area contributed by atoms with Gasteiger partial charge in [-0.15, -0.1) is 0 Å². The van der Waals surface area contributed by atoms with Crippen LogP contribution < -0.4 is 4.72 Å². The predicted octanol–water partition coefficient (Wildman–Crippen LogP) is 0.194. The maximum Gasteiger partial charge on any atom is 0.258 e. The second-order valence-corrected chi connectivity index (χ2v) is 7.00. The van der Waals surface area contributed by atoms with Gasteiger partial charge in [0, 0.05) is 19.3 Å². The number of aromatic nitrogens is 1. The van der Waals surface area contributed by atoms with Gasteiger partial charge in [-0.2, -0.15) is 0 Å². The van der Waals surface area contributed by atoms with Crippen molar-refractivity contribution in [2.24, 2.45) is 5.92 Å². The van der Waals surface area contributed by atoms with Gasteiger partial charge in [0.1, 0.15) is 0 Å². The molecule has 1 aliphatic heterocycles. The van der Waals surface area contributed by atoms with Crippen LogP contribution >= 0.6 is 0 Å². The van der Waals surface area contributed by atoms with Crippen LogP contribution in [0.5, 0.6) is 0 Å². The van der Waals surface area contributed by atoms with Crippen LogP contribution in [0.1, 0.15) is 18.4 Å². The zero-order valence-corrected chi connectivity index (χ0v) is 12.4.